The molecule has 2 heterocycles. The summed E-state index contributed by atoms with van der Waals surface area (Å²) in [6.07, 6.45) is 9.87. The van der Waals surface area contributed by atoms with Crippen molar-refractivity contribution in [1.29, 1.82) is 0 Å². The lowest BCUT2D eigenvalue weighted by Crippen LogP contribution is -2.31. The molecule has 2 fully saturated rings. The van der Waals surface area contributed by atoms with Crippen molar-refractivity contribution in [1.82, 2.24) is 9.88 Å². The number of hydrogen-bond acceptors (Lipinski definition) is 2. The van der Waals surface area contributed by atoms with E-state index >= 15 is 0 Å². The molecule has 1 aromatic heterocycles. The summed E-state index contributed by atoms with van der Waals surface area (Å²) in [7, 11) is 2.10. The second kappa shape index (κ2) is 7.87. The Balaban J connectivity index is 1.53. The van der Waals surface area contributed by atoms with Gasteiger partial charge in [-0.1, -0.05) is 43.3 Å². The first-order chi connectivity index (χ1) is 12.7. The van der Waals surface area contributed by atoms with Crippen LogP contribution in [-0.4, -0.2) is 38.1 Å². The van der Waals surface area contributed by atoms with E-state index in [0.717, 1.165) is 42.8 Å². The number of ether oxygens (including phenoxy) is 1. The molecule has 5 heteroatoms. The van der Waals surface area contributed by atoms with E-state index in [2.05, 4.69) is 42.1 Å². The normalized spacial score (nSPS) is 19.2. The summed E-state index contributed by atoms with van der Waals surface area (Å²) in [6, 6.07) is 6.31. The highest BCUT2D eigenvalue weighted by molar-refractivity contribution is 6.40. The van der Waals surface area contributed by atoms with Crippen LogP contribution < -0.4 is 10.8 Å². The van der Waals surface area contributed by atoms with Crippen LogP contribution >= 0.6 is 0 Å². The molecule has 1 amide bonds. The summed E-state index contributed by atoms with van der Waals surface area (Å²) in [6.45, 7) is 3.40. The minimum absolute atomic E-state index is 0.0807. The van der Waals surface area contributed by atoms with Gasteiger partial charge in [0.25, 0.3) is 5.91 Å². The van der Waals surface area contributed by atoms with Crippen LogP contribution in [0.3, 0.4) is 0 Å². The van der Waals surface area contributed by atoms with Gasteiger partial charge in [-0.05, 0) is 24.8 Å². The number of amides is 1. The first-order valence-electron chi connectivity index (χ1n) is 10.2. The molecule has 4 rings (SSSR count). The van der Waals surface area contributed by atoms with E-state index < -0.39 is 0 Å². The van der Waals surface area contributed by atoms with Crippen molar-refractivity contribution >= 4 is 30.1 Å². The number of carbonyl (C=O) groups is 1. The number of fused-ring (bicyclic) bond motifs is 1. The maximum absolute atomic E-state index is 13.0. The molecule has 0 radical (unpaired) electrons. The Hall–Kier alpha value is -1.75. The topological polar surface area (TPSA) is 43.3 Å². The molecule has 2 aliphatic rings. The van der Waals surface area contributed by atoms with Crippen LogP contribution in [0.2, 0.25) is 0 Å². The molecule has 2 aromatic rings. The highest BCUT2D eigenvalue weighted by Crippen LogP contribution is 2.24. The molecule has 0 atom stereocenters. The molecule has 1 saturated carbocycles. The van der Waals surface area contributed by atoms with Gasteiger partial charge in [0.2, 0.25) is 0 Å². The maximum atomic E-state index is 13.0. The molecule has 26 heavy (non-hydrogen) atoms. The van der Waals surface area contributed by atoms with Crippen LogP contribution in [0, 0.1) is 11.8 Å². The number of hydrogen-bond donors (Lipinski definition) is 1. The van der Waals surface area contributed by atoms with E-state index in [9.17, 15) is 4.79 Å². The number of nitrogens with zero attached hydrogens (tertiary/aromatic N) is 1. The molecule has 0 spiro atoms. The molecule has 1 aliphatic heterocycles. The first-order valence-corrected chi connectivity index (χ1v) is 10.2. The van der Waals surface area contributed by atoms with Crippen LogP contribution in [0.1, 0.15) is 48.9 Å². The number of aromatic nitrogens is 1. The van der Waals surface area contributed by atoms with Crippen molar-refractivity contribution in [3.8, 4) is 0 Å². The molecule has 1 saturated heterocycles. The third-order valence-electron chi connectivity index (χ3n) is 6.05. The Labute approximate surface area is 156 Å². The van der Waals surface area contributed by atoms with E-state index in [-0.39, 0.29) is 5.91 Å². The second-order valence-corrected chi connectivity index (χ2v) is 8.14. The monoisotopic (exact) mass is 352 g/mol. The van der Waals surface area contributed by atoms with Gasteiger partial charge in [-0.3, -0.25) is 4.79 Å². The summed E-state index contributed by atoms with van der Waals surface area (Å²) < 4.78 is 7.57. The van der Waals surface area contributed by atoms with E-state index in [1.807, 2.05) is 0 Å². The fourth-order valence-corrected chi connectivity index (χ4v) is 4.42. The molecule has 0 unspecified atom stereocenters. The zero-order valence-corrected chi connectivity index (χ0v) is 15.8. The van der Waals surface area contributed by atoms with Crippen LogP contribution in [0.4, 0.5) is 0 Å². The minimum atomic E-state index is 0.0807. The van der Waals surface area contributed by atoms with Crippen molar-refractivity contribution in [2.45, 2.75) is 45.1 Å². The predicted molar refractivity (Wildman–Crippen MR) is 108 cm³/mol. The minimum Gasteiger partial charge on any atom is -0.381 e. The Morgan fingerprint density at radius 2 is 1.92 bits per heavy atom. The molecule has 1 N–H and O–H groups in total. The van der Waals surface area contributed by atoms with Crippen molar-refractivity contribution < 1.29 is 9.53 Å². The largest absolute Gasteiger partial charge is 0.381 e. The Morgan fingerprint density at radius 3 is 2.62 bits per heavy atom. The summed E-state index contributed by atoms with van der Waals surface area (Å²) >= 11 is 0. The van der Waals surface area contributed by atoms with Crippen LogP contribution in [0.5, 0.6) is 0 Å². The summed E-state index contributed by atoms with van der Waals surface area (Å²) in [5.74, 6) is 1.29. The molecule has 4 nitrogen and oxygen atoms in total. The molecule has 138 valence electrons. The average molecular weight is 352 g/mol. The fourth-order valence-electron chi connectivity index (χ4n) is 4.42. The molecular weight excluding hydrogens is 323 g/mol. The van der Waals surface area contributed by atoms with E-state index in [1.165, 1.54) is 44.0 Å². The van der Waals surface area contributed by atoms with Crippen LogP contribution in [0.25, 0.3) is 10.9 Å². The predicted octanol–water partition coefficient (Wildman–Crippen LogP) is 2.25. The van der Waals surface area contributed by atoms with Crippen molar-refractivity contribution in [3.63, 3.8) is 0 Å². The third-order valence-corrected chi connectivity index (χ3v) is 6.05. The quantitative estimate of drug-likeness (QED) is 0.663. The summed E-state index contributed by atoms with van der Waals surface area (Å²) in [5.41, 5.74) is 3.16. The highest BCUT2D eigenvalue weighted by Gasteiger charge is 2.23. The van der Waals surface area contributed by atoms with Gasteiger partial charge in [-0.2, -0.15) is 0 Å². The average Bonchev–Trinajstić information content (AvgIpc) is 2.78. The van der Waals surface area contributed by atoms with Gasteiger partial charge in [0, 0.05) is 36.1 Å². The molecule has 1 aromatic carbocycles. The van der Waals surface area contributed by atoms with Crippen molar-refractivity contribution in [2.75, 3.05) is 19.8 Å². The Morgan fingerprint density at radius 1 is 1.15 bits per heavy atom. The van der Waals surface area contributed by atoms with Crippen molar-refractivity contribution in [2.24, 2.45) is 11.8 Å². The van der Waals surface area contributed by atoms with Gasteiger partial charge in [0.05, 0.1) is 18.8 Å². The third kappa shape index (κ3) is 3.68. The van der Waals surface area contributed by atoms with Gasteiger partial charge >= 0.3 is 0 Å². The Kier molecular flexibility index (Phi) is 5.35. The number of nitrogens with one attached hydrogen (secondary N) is 1. The van der Waals surface area contributed by atoms with Crippen LogP contribution in [-0.2, 0) is 11.3 Å². The fraction of sp³-hybridized carbons (Fsp3) is 0.571. The lowest BCUT2D eigenvalue weighted by molar-refractivity contribution is -0.0388. The van der Waals surface area contributed by atoms with E-state index in [0.29, 0.717) is 11.8 Å². The van der Waals surface area contributed by atoms with Gasteiger partial charge in [0.1, 0.15) is 7.85 Å². The maximum Gasteiger partial charge on any atom is 0.253 e. The van der Waals surface area contributed by atoms with Gasteiger partial charge < -0.3 is 14.6 Å². The zero-order valence-electron chi connectivity index (χ0n) is 15.8. The number of benzene rings is 1. The highest BCUT2D eigenvalue weighted by atomic mass is 16.5. The van der Waals surface area contributed by atoms with E-state index in [1.54, 1.807) is 0 Å². The smallest absolute Gasteiger partial charge is 0.253 e. The SMILES string of the molecule is Bc1cccc2c1c(C(=O)NCC1CCCCCC1)cn2CC1COC1. The summed E-state index contributed by atoms with van der Waals surface area (Å²) in [4.78, 5) is 13.0. The lowest BCUT2D eigenvalue weighted by Gasteiger charge is -2.26. The molecule has 1 aliphatic carbocycles. The molecule has 0 bridgehead atoms. The number of rotatable bonds is 5. The second-order valence-electron chi connectivity index (χ2n) is 8.14. The van der Waals surface area contributed by atoms with Gasteiger partial charge in [-0.25, -0.2) is 0 Å². The Bertz CT molecular complexity index is 774. The van der Waals surface area contributed by atoms with E-state index in [4.69, 9.17) is 4.74 Å². The van der Waals surface area contributed by atoms with Gasteiger partial charge in [0.15, 0.2) is 0 Å². The standard InChI is InChI=1S/C21H29BN2O2/c22-18-8-5-9-19-20(18)17(12-24(19)11-16-13-26-14-16)21(25)23-10-15-6-3-1-2-4-7-15/h5,8-9,12,15-16H,1-4,6-7,10-11,13-14,22H2,(H,23,25). The molecular formula is C21H29BN2O2. The van der Waals surface area contributed by atoms with Crippen molar-refractivity contribution in [3.05, 3.63) is 30.0 Å². The first kappa shape index (κ1) is 17.7. The zero-order chi connectivity index (χ0) is 17.9. The van der Waals surface area contributed by atoms with Crippen LogP contribution in [0.15, 0.2) is 24.4 Å². The van der Waals surface area contributed by atoms with Gasteiger partial charge in [-0.15, -0.1) is 0 Å². The lowest BCUT2D eigenvalue weighted by atomic mass is 9.90. The summed E-state index contributed by atoms with van der Waals surface area (Å²) in [5, 5.41) is 4.34. The number of carbonyl (C=O) groups excluding carboxylic acids is 1.